The first kappa shape index (κ1) is 29.2. The molecule has 2 aromatic carbocycles. The van der Waals surface area contributed by atoms with Gasteiger partial charge in [-0.15, -0.1) is 0 Å². The third-order valence-corrected chi connectivity index (χ3v) is 6.75. The third-order valence-electron chi connectivity index (χ3n) is 6.75. The standard InChI is InChI=1S/C30H39FN2O5/c1-6-32(7-2)16-17-33-27(22-11-14-24(25(19-22)37-8-3)38-18-15-20(4)5)26(29(35)30(33)36)28(34)21-9-12-23(31)13-10-21/h9-14,19-20,27,34H,6-8,15-18H2,1-5H3/b28-26+. The number of aliphatic hydroxyl groups is 1. The number of aliphatic hydroxyl groups excluding tert-OH is 1. The first-order chi connectivity index (χ1) is 18.2. The molecule has 0 aliphatic carbocycles. The van der Waals surface area contributed by atoms with Crippen molar-refractivity contribution in [3.8, 4) is 11.5 Å². The summed E-state index contributed by atoms with van der Waals surface area (Å²) < 4.78 is 25.4. The molecule has 206 valence electrons. The largest absolute Gasteiger partial charge is 0.507 e. The Hall–Kier alpha value is -3.39. The maximum Gasteiger partial charge on any atom is 0.295 e. The molecule has 7 nitrogen and oxygen atoms in total. The van der Waals surface area contributed by atoms with Crippen molar-refractivity contribution in [2.45, 2.75) is 47.1 Å². The number of halogens is 1. The van der Waals surface area contributed by atoms with Crippen molar-refractivity contribution in [2.75, 3.05) is 39.4 Å². The summed E-state index contributed by atoms with van der Waals surface area (Å²) in [5, 5.41) is 11.2. The molecule has 1 saturated heterocycles. The third kappa shape index (κ3) is 6.72. The fourth-order valence-electron chi connectivity index (χ4n) is 4.50. The normalized spacial score (nSPS) is 17.1. The number of ketones is 1. The van der Waals surface area contributed by atoms with E-state index in [1.165, 1.54) is 29.2 Å². The van der Waals surface area contributed by atoms with Gasteiger partial charge in [0.1, 0.15) is 11.6 Å². The molecule has 1 atom stereocenters. The van der Waals surface area contributed by atoms with Crippen LogP contribution in [0.3, 0.4) is 0 Å². The van der Waals surface area contributed by atoms with Crippen LogP contribution in [0.5, 0.6) is 11.5 Å². The number of rotatable bonds is 13. The average Bonchev–Trinajstić information content (AvgIpc) is 3.15. The highest BCUT2D eigenvalue weighted by molar-refractivity contribution is 6.46. The van der Waals surface area contributed by atoms with Gasteiger partial charge in [-0.25, -0.2) is 4.39 Å². The van der Waals surface area contributed by atoms with Crippen LogP contribution in [0.4, 0.5) is 4.39 Å². The van der Waals surface area contributed by atoms with E-state index in [0.29, 0.717) is 49.3 Å². The summed E-state index contributed by atoms with van der Waals surface area (Å²) in [4.78, 5) is 30.2. The van der Waals surface area contributed by atoms with E-state index in [9.17, 15) is 19.1 Å². The van der Waals surface area contributed by atoms with Crippen LogP contribution in [0, 0.1) is 11.7 Å². The number of carbonyl (C=O) groups is 2. The van der Waals surface area contributed by atoms with Gasteiger partial charge in [0.2, 0.25) is 0 Å². The predicted octanol–water partition coefficient (Wildman–Crippen LogP) is 5.41. The number of amides is 1. The fraction of sp³-hybridized carbons (Fsp3) is 0.467. The molecular formula is C30H39FN2O5. The Morgan fingerprint density at radius 3 is 2.32 bits per heavy atom. The van der Waals surface area contributed by atoms with Crippen LogP contribution in [0.2, 0.25) is 0 Å². The van der Waals surface area contributed by atoms with E-state index in [1.807, 2.05) is 20.8 Å². The van der Waals surface area contributed by atoms with Gasteiger partial charge < -0.3 is 24.4 Å². The van der Waals surface area contributed by atoms with Crippen LogP contribution in [-0.4, -0.2) is 66.0 Å². The molecule has 1 aliphatic heterocycles. The van der Waals surface area contributed by atoms with Crippen molar-refractivity contribution in [2.24, 2.45) is 5.92 Å². The summed E-state index contributed by atoms with van der Waals surface area (Å²) in [5.74, 6) is -0.685. The number of hydrogen-bond acceptors (Lipinski definition) is 6. The van der Waals surface area contributed by atoms with Gasteiger partial charge in [-0.2, -0.15) is 0 Å². The minimum absolute atomic E-state index is 0.0305. The van der Waals surface area contributed by atoms with Gasteiger partial charge in [-0.3, -0.25) is 9.59 Å². The van der Waals surface area contributed by atoms with Crippen molar-refractivity contribution >= 4 is 17.4 Å². The highest BCUT2D eigenvalue weighted by Gasteiger charge is 2.46. The van der Waals surface area contributed by atoms with Gasteiger partial charge in [0.25, 0.3) is 11.7 Å². The lowest BCUT2D eigenvalue weighted by molar-refractivity contribution is -0.140. The zero-order chi connectivity index (χ0) is 27.8. The molecule has 1 fully saturated rings. The Morgan fingerprint density at radius 1 is 1.03 bits per heavy atom. The van der Waals surface area contributed by atoms with Gasteiger partial charge >= 0.3 is 0 Å². The Labute approximate surface area is 224 Å². The Balaban J connectivity index is 2.09. The molecule has 38 heavy (non-hydrogen) atoms. The number of benzene rings is 2. The molecule has 1 N–H and O–H groups in total. The van der Waals surface area contributed by atoms with E-state index >= 15 is 0 Å². The summed E-state index contributed by atoms with van der Waals surface area (Å²) in [5.41, 5.74) is 0.848. The lowest BCUT2D eigenvalue weighted by Gasteiger charge is -2.28. The minimum Gasteiger partial charge on any atom is -0.507 e. The van der Waals surface area contributed by atoms with E-state index < -0.39 is 23.5 Å². The number of nitrogens with zero attached hydrogens (tertiary/aromatic N) is 2. The summed E-state index contributed by atoms with van der Waals surface area (Å²) in [6.07, 6.45) is 0.885. The first-order valence-corrected chi connectivity index (χ1v) is 13.4. The first-order valence-electron chi connectivity index (χ1n) is 13.4. The molecule has 8 heteroatoms. The number of likely N-dealkylation sites (tertiary alicyclic amines) is 1. The van der Waals surface area contributed by atoms with Gasteiger partial charge in [-0.05, 0) is 74.3 Å². The number of likely N-dealkylation sites (N-methyl/N-ethyl adjacent to an activating group) is 1. The Bertz CT molecular complexity index is 1140. The van der Waals surface area contributed by atoms with Gasteiger partial charge in [0.15, 0.2) is 11.5 Å². The molecule has 1 heterocycles. The van der Waals surface area contributed by atoms with Crippen LogP contribution in [-0.2, 0) is 9.59 Å². The predicted molar refractivity (Wildman–Crippen MR) is 146 cm³/mol. The molecule has 3 rings (SSSR count). The molecule has 1 aliphatic rings. The van der Waals surface area contributed by atoms with E-state index in [1.54, 1.807) is 18.2 Å². The summed E-state index contributed by atoms with van der Waals surface area (Å²) >= 11 is 0. The second-order valence-electron chi connectivity index (χ2n) is 9.70. The molecule has 0 saturated carbocycles. The van der Waals surface area contributed by atoms with Crippen molar-refractivity contribution in [3.63, 3.8) is 0 Å². The molecule has 2 aromatic rings. The molecule has 0 aromatic heterocycles. The van der Waals surface area contributed by atoms with Crippen LogP contribution in [0.25, 0.3) is 5.76 Å². The maximum absolute atomic E-state index is 13.5. The van der Waals surface area contributed by atoms with Crippen LogP contribution in [0.1, 0.15) is 58.2 Å². The highest BCUT2D eigenvalue weighted by atomic mass is 19.1. The van der Waals surface area contributed by atoms with E-state index in [2.05, 4.69) is 18.7 Å². The van der Waals surface area contributed by atoms with E-state index in [4.69, 9.17) is 9.47 Å². The molecular weight excluding hydrogens is 487 g/mol. The quantitative estimate of drug-likeness (QED) is 0.214. The average molecular weight is 527 g/mol. The molecule has 1 unspecified atom stereocenters. The summed E-state index contributed by atoms with van der Waals surface area (Å²) in [7, 11) is 0. The van der Waals surface area contributed by atoms with E-state index in [0.717, 1.165) is 19.5 Å². The maximum atomic E-state index is 13.5. The lowest BCUT2D eigenvalue weighted by Crippen LogP contribution is -2.38. The van der Waals surface area contributed by atoms with Crippen molar-refractivity contribution in [1.29, 1.82) is 0 Å². The number of Topliss-reactive ketones (excluding diaryl/α,β-unsaturated/α-hetero) is 1. The van der Waals surface area contributed by atoms with Gasteiger partial charge in [-0.1, -0.05) is 33.8 Å². The Kier molecular flexibility index (Phi) is 10.3. The van der Waals surface area contributed by atoms with Crippen molar-refractivity contribution < 1.29 is 28.6 Å². The fourth-order valence-corrected chi connectivity index (χ4v) is 4.50. The summed E-state index contributed by atoms with van der Waals surface area (Å²) in [6, 6.07) is 9.71. The highest BCUT2D eigenvalue weighted by Crippen LogP contribution is 2.42. The molecule has 0 bridgehead atoms. The van der Waals surface area contributed by atoms with E-state index in [-0.39, 0.29) is 16.9 Å². The zero-order valence-corrected chi connectivity index (χ0v) is 23.0. The SMILES string of the molecule is CCOc1cc(C2/C(=C(\O)c3ccc(F)cc3)C(=O)C(=O)N2CCN(CC)CC)ccc1OCCC(C)C. The number of hydrogen-bond donors (Lipinski definition) is 1. The van der Waals surface area contributed by atoms with Gasteiger partial charge in [0.05, 0.1) is 24.8 Å². The monoisotopic (exact) mass is 526 g/mol. The van der Waals surface area contributed by atoms with Crippen LogP contribution < -0.4 is 9.47 Å². The molecule has 0 spiro atoms. The second kappa shape index (κ2) is 13.4. The van der Waals surface area contributed by atoms with Gasteiger partial charge in [0, 0.05) is 18.7 Å². The topological polar surface area (TPSA) is 79.3 Å². The minimum atomic E-state index is -0.834. The second-order valence-corrected chi connectivity index (χ2v) is 9.70. The number of carbonyl (C=O) groups excluding carboxylic acids is 2. The Morgan fingerprint density at radius 2 is 1.71 bits per heavy atom. The lowest BCUT2D eigenvalue weighted by atomic mass is 9.95. The molecule has 0 radical (unpaired) electrons. The van der Waals surface area contributed by atoms with Crippen LogP contribution in [0.15, 0.2) is 48.0 Å². The van der Waals surface area contributed by atoms with Crippen molar-refractivity contribution in [1.82, 2.24) is 9.80 Å². The number of ether oxygens (including phenoxy) is 2. The van der Waals surface area contributed by atoms with Crippen LogP contribution >= 0.6 is 0 Å². The van der Waals surface area contributed by atoms with Crippen molar-refractivity contribution in [3.05, 3.63) is 65.0 Å². The molecule has 1 amide bonds. The zero-order valence-electron chi connectivity index (χ0n) is 23.0. The summed E-state index contributed by atoms with van der Waals surface area (Å²) in [6.45, 7) is 13.6. The smallest absolute Gasteiger partial charge is 0.295 e.